The predicted molar refractivity (Wildman–Crippen MR) is 112 cm³/mol. The second kappa shape index (κ2) is 7.52. The summed E-state index contributed by atoms with van der Waals surface area (Å²) < 4.78 is 23.6. The minimum absolute atomic E-state index is 0.00979. The van der Waals surface area contributed by atoms with Crippen molar-refractivity contribution >= 4 is 10.9 Å². The topological polar surface area (TPSA) is 79.8 Å². The Hall–Kier alpha value is -4.27. The van der Waals surface area contributed by atoms with Crippen molar-refractivity contribution in [3.8, 4) is 17.4 Å². The van der Waals surface area contributed by atoms with Crippen LogP contribution in [0.25, 0.3) is 22.3 Å². The van der Waals surface area contributed by atoms with Gasteiger partial charge in [0.15, 0.2) is 0 Å². The Bertz CT molecular complexity index is 1440. The molecule has 0 atom stereocenters. The van der Waals surface area contributed by atoms with E-state index in [1.807, 2.05) is 30.5 Å². The van der Waals surface area contributed by atoms with Gasteiger partial charge in [-0.05, 0) is 36.4 Å². The lowest BCUT2D eigenvalue weighted by Gasteiger charge is -2.05. The van der Waals surface area contributed by atoms with Crippen molar-refractivity contribution in [2.45, 2.75) is 6.54 Å². The average Bonchev–Trinajstić information content (AvgIpc) is 3.36. The summed E-state index contributed by atoms with van der Waals surface area (Å²) in [5.41, 5.74) is 2.08. The van der Waals surface area contributed by atoms with Gasteiger partial charge in [-0.15, -0.1) is 5.10 Å². The molecule has 5 aromatic rings. The van der Waals surface area contributed by atoms with Gasteiger partial charge in [-0.25, -0.2) is 18.4 Å². The van der Waals surface area contributed by atoms with Crippen molar-refractivity contribution in [3.63, 3.8) is 0 Å². The number of halogens is 1. The van der Waals surface area contributed by atoms with Crippen molar-refractivity contribution in [2.24, 2.45) is 0 Å². The van der Waals surface area contributed by atoms with E-state index in [2.05, 4.69) is 15.2 Å². The van der Waals surface area contributed by atoms with Crippen LogP contribution in [0.1, 0.15) is 5.56 Å². The highest BCUT2D eigenvalue weighted by atomic mass is 19.1. The van der Waals surface area contributed by atoms with Crippen molar-refractivity contribution in [2.75, 3.05) is 7.11 Å². The SMILES string of the molecule is COc1nn(-c2ccc3nn(-c4cccnc4)cc3c2)c(=O)n1Cc1ccccc1F. The lowest BCUT2D eigenvalue weighted by atomic mass is 10.2. The van der Waals surface area contributed by atoms with Gasteiger partial charge in [0.1, 0.15) is 5.82 Å². The van der Waals surface area contributed by atoms with Gasteiger partial charge in [0.05, 0.1) is 36.7 Å². The second-order valence-electron chi connectivity index (χ2n) is 6.89. The fraction of sp³-hybridized carbons (Fsp3) is 0.0909. The number of hydrogen-bond acceptors (Lipinski definition) is 5. The lowest BCUT2D eigenvalue weighted by Crippen LogP contribution is -2.24. The molecule has 0 aliphatic rings. The maximum absolute atomic E-state index is 14.1. The highest BCUT2D eigenvalue weighted by molar-refractivity contribution is 5.80. The molecular formula is C22H17FN6O2. The van der Waals surface area contributed by atoms with Gasteiger partial charge < -0.3 is 4.74 Å². The van der Waals surface area contributed by atoms with E-state index in [-0.39, 0.29) is 12.6 Å². The summed E-state index contributed by atoms with van der Waals surface area (Å²) in [6, 6.07) is 15.5. The molecule has 9 heteroatoms. The Morgan fingerprint density at radius 2 is 1.90 bits per heavy atom. The highest BCUT2D eigenvalue weighted by Gasteiger charge is 2.17. The van der Waals surface area contributed by atoms with Crippen molar-refractivity contribution in [1.82, 2.24) is 29.1 Å². The third kappa shape index (κ3) is 3.35. The summed E-state index contributed by atoms with van der Waals surface area (Å²) in [5, 5.41) is 9.65. The minimum Gasteiger partial charge on any atom is -0.467 e. The zero-order valence-corrected chi connectivity index (χ0v) is 16.5. The van der Waals surface area contributed by atoms with E-state index >= 15 is 0 Å². The number of ether oxygens (including phenoxy) is 1. The van der Waals surface area contributed by atoms with Crippen molar-refractivity contribution in [3.05, 3.63) is 95.1 Å². The minimum atomic E-state index is -0.431. The van der Waals surface area contributed by atoms with E-state index in [9.17, 15) is 9.18 Å². The van der Waals surface area contributed by atoms with Crippen LogP contribution in [0.5, 0.6) is 6.01 Å². The zero-order valence-electron chi connectivity index (χ0n) is 16.5. The molecule has 0 saturated carbocycles. The van der Waals surface area contributed by atoms with Crippen molar-refractivity contribution < 1.29 is 9.13 Å². The monoisotopic (exact) mass is 416 g/mol. The number of nitrogens with zero attached hydrogens (tertiary/aromatic N) is 6. The lowest BCUT2D eigenvalue weighted by molar-refractivity contribution is 0.357. The molecule has 0 spiro atoms. The van der Waals surface area contributed by atoms with Crippen LogP contribution in [-0.4, -0.2) is 36.2 Å². The van der Waals surface area contributed by atoms with E-state index in [0.717, 1.165) is 16.6 Å². The molecule has 8 nitrogen and oxygen atoms in total. The molecule has 0 aliphatic heterocycles. The standard InChI is InChI=1S/C22H17FN6O2/c1-31-21-26-29(22(30)27(21)13-15-5-2-3-7-19(15)23)17-8-9-20-16(11-17)14-28(25-20)18-6-4-10-24-12-18/h2-12,14H,13H2,1H3. The van der Waals surface area contributed by atoms with E-state index < -0.39 is 11.5 Å². The van der Waals surface area contributed by atoms with Gasteiger partial charge in [0.25, 0.3) is 0 Å². The number of methoxy groups -OCH3 is 1. The number of benzene rings is 2. The molecule has 0 bridgehead atoms. The molecule has 5 rings (SSSR count). The van der Waals surface area contributed by atoms with E-state index in [0.29, 0.717) is 11.3 Å². The Labute approximate surface area is 175 Å². The van der Waals surface area contributed by atoms with Crippen LogP contribution >= 0.6 is 0 Å². The number of hydrogen-bond donors (Lipinski definition) is 0. The van der Waals surface area contributed by atoms with Crippen LogP contribution in [0.4, 0.5) is 4.39 Å². The van der Waals surface area contributed by atoms with E-state index in [1.165, 1.54) is 22.4 Å². The Morgan fingerprint density at radius 3 is 2.68 bits per heavy atom. The average molecular weight is 416 g/mol. The van der Waals surface area contributed by atoms with Gasteiger partial charge in [0, 0.05) is 23.3 Å². The van der Waals surface area contributed by atoms with Crippen LogP contribution in [0.15, 0.2) is 78.0 Å². The number of fused-ring (bicyclic) bond motifs is 1. The summed E-state index contributed by atoms with van der Waals surface area (Å²) in [6.07, 6.45) is 5.27. The molecule has 3 heterocycles. The zero-order chi connectivity index (χ0) is 21.4. The number of rotatable bonds is 5. The molecule has 0 amide bonds. The van der Waals surface area contributed by atoms with E-state index in [4.69, 9.17) is 4.74 Å². The first-order chi connectivity index (χ1) is 15.1. The molecule has 0 unspecified atom stereocenters. The fourth-order valence-corrected chi connectivity index (χ4v) is 3.40. The molecule has 3 aromatic heterocycles. The van der Waals surface area contributed by atoms with Crippen LogP contribution in [-0.2, 0) is 6.54 Å². The molecule has 2 aromatic carbocycles. The van der Waals surface area contributed by atoms with Crippen LogP contribution in [0, 0.1) is 5.82 Å². The normalized spacial score (nSPS) is 11.2. The Morgan fingerprint density at radius 1 is 1.03 bits per heavy atom. The van der Waals surface area contributed by atoms with Crippen LogP contribution < -0.4 is 10.4 Å². The number of pyridine rings is 1. The summed E-state index contributed by atoms with van der Waals surface area (Å²) in [6.45, 7) is 0.00979. The third-order valence-electron chi connectivity index (χ3n) is 4.94. The summed E-state index contributed by atoms with van der Waals surface area (Å²) in [5.74, 6) is -0.395. The molecule has 0 radical (unpaired) electrons. The largest absolute Gasteiger partial charge is 0.467 e. The summed E-state index contributed by atoms with van der Waals surface area (Å²) in [7, 11) is 1.42. The molecular weight excluding hydrogens is 399 g/mol. The third-order valence-corrected chi connectivity index (χ3v) is 4.94. The first kappa shape index (κ1) is 18.7. The molecule has 0 saturated heterocycles. The smallest absolute Gasteiger partial charge is 0.353 e. The second-order valence-corrected chi connectivity index (χ2v) is 6.89. The fourth-order valence-electron chi connectivity index (χ4n) is 3.40. The first-order valence-electron chi connectivity index (χ1n) is 9.51. The maximum atomic E-state index is 14.1. The van der Waals surface area contributed by atoms with Gasteiger partial charge in [-0.1, -0.05) is 18.2 Å². The van der Waals surface area contributed by atoms with Crippen LogP contribution in [0.2, 0.25) is 0 Å². The number of aromatic nitrogens is 6. The molecule has 0 fully saturated rings. The molecule has 154 valence electrons. The molecule has 0 aliphatic carbocycles. The molecule has 0 N–H and O–H groups in total. The first-order valence-corrected chi connectivity index (χ1v) is 9.51. The summed E-state index contributed by atoms with van der Waals surface area (Å²) >= 11 is 0. The molecule has 31 heavy (non-hydrogen) atoms. The predicted octanol–water partition coefficient (Wildman–Crippen LogP) is 2.96. The van der Waals surface area contributed by atoms with Gasteiger partial charge in [-0.2, -0.15) is 9.78 Å². The maximum Gasteiger partial charge on any atom is 0.353 e. The van der Waals surface area contributed by atoms with Crippen LogP contribution in [0.3, 0.4) is 0 Å². The summed E-state index contributed by atoms with van der Waals surface area (Å²) in [4.78, 5) is 17.2. The highest BCUT2D eigenvalue weighted by Crippen LogP contribution is 2.20. The van der Waals surface area contributed by atoms with Gasteiger partial charge in [-0.3, -0.25) is 4.98 Å². The van der Waals surface area contributed by atoms with Gasteiger partial charge in [0.2, 0.25) is 0 Å². The van der Waals surface area contributed by atoms with Gasteiger partial charge >= 0.3 is 11.7 Å². The van der Waals surface area contributed by atoms with E-state index in [1.54, 1.807) is 41.3 Å². The Balaban J connectivity index is 1.56. The Kier molecular flexibility index (Phi) is 4.55. The van der Waals surface area contributed by atoms with Crippen molar-refractivity contribution in [1.29, 1.82) is 0 Å². The quantitative estimate of drug-likeness (QED) is 0.440.